The van der Waals surface area contributed by atoms with E-state index < -0.39 is 0 Å². The van der Waals surface area contributed by atoms with E-state index in [9.17, 15) is 4.79 Å². The lowest BCUT2D eigenvalue weighted by atomic mass is 10.1. The van der Waals surface area contributed by atoms with Crippen molar-refractivity contribution in [2.24, 2.45) is 0 Å². The number of carbonyl (C=O) groups is 1. The third-order valence-corrected chi connectivity index (χ3v) is 3.50. The highest BCUT2D eigenvalue weighted by Gasteiger charge is 2.19. The number of hydrogen-bond donors (Lipinski definition) is 2. The minimum absolute atomic E-state index is 0.107. The first-order valence-electron chi connectivity index (χ1n) is 6.70. The zero-order chi connectivity index (χ0) is 14.7. The molecule has 110 valence electrons. The van der Waals surface area contributed by atoms with Gasteiger partial charge in [0.25, 0.3) is 0 Å². The number of piperazine rings is 1. The molecule has 6 heteroatoms. The molecule has 20 heavy (non-hydrogen) atoms. The number of carbonyl (C=O) groups excluding carboxylic acids is 1. The molecule has 0 bridgehead atoms. The van der Waals surface area contributed by atoms with E-state index in [1.165, 1.54) is 6.92 Å². The van der Waals surface area contributed by atoms with Crippen LogP contribution in [0.4, 0.5) is 17.1 Å². The average molecular weight is 278 g/mol. The topological polar surface area (TPSA) is 70.8 Å². The van der Waals surface area contributed by atoms with Gasteiger partial charge in [0, 0.05) is 39.2 Å². The van der Waals surface area contributed by atoms with Gasteiger partial charge in [-0.25, -0.2) is 0 Å². The molecule has 1 saturated heterocycles. The SMILES string of the molecule is COc1cc(N2CCN(C)CC2)c(NC(C)=O)cc1N. The fraction of sp³-hybridized carbons (Fsp3) is 0.500. The summed E-state index contributed by atoms with van der Waals surface area (Å²) in [5.41, 5.74) is 8.14. The fourth-order valence-corrected chi connectivity index (χ4v) is 2.36. The van der Waals surface area contributed by atoms with Gasteiger partial charge < -0.3 is 25.6 Å². The number of anilines is 3. The summed E-state index contributed by atoms with van der Waals surface area (Å²) < 4.78 is 5.28. The van der Waals surface area contributed by atoms with Gasteiger partial charge in [0.2, 0.25) is 5.91 Å². The van der Waals surface area contributed by atoms with Crippen LogP contribution in [0, 0.1) is 0 Å². The highest BCUT2D eigenvalue weighted by molar-refractivity contribution is 5.94. The van der Waals surface area contributed by atoms with Crippen LogP contribution < -0.4 is 20.7 Å². The molecule has 1 aliphatic rings. The second-order valence-electron chi connectivity index (χ2n) is 5.08. The van der Waals surface area contributed by atoms with Crippen molar-refractivity contribution in [2.45, 2.75) is 6.92 Å². The molecule has 6 nitrogen and oxygen atoms in total. The predicted octanol–water partition coefficient (Wildman–Crippen LogP) is 0.988. The number of hydrogen-bond acceptors (Lipinski definition) is 5. The summed E-state index contributed by atoms with van der Waals surface area (Å²) in [4.78, 5) is 15.9. The van der Waals surface area contributed by atoms with E-state index in [2.05, 4.69) is 22.2 Å². The lowest BCUT2D eigenvalue weighted by Crippen LogP contribution is -2.44. The Bertz CT molecular complexity index is 496. The van der Waals surface area contributed by atoms with Crippen molar-refractivity contribution in [2.75, 3.05) is 56.3 Å². The minimum atomic E-state index is -0.107. The number of methoxy groups -OCH3 is 1. The van der Waals surface area contributed by atoms with E-state index in [4.69, 9.17) is 10.5 Å². The molecule has 2 rings (SSSR count). The van der Waals surface area contributed by atoms with E-state index in [1.54, 1.807) is 13.2 Å². The molecular weight excluding hydrogens is 256 g/mol. The Morgan fingerprint density at radius 2 is 1.95 bits per heavy atom. The van der Waals surface area contributed by atoms with Crippen molar-refractivity contribution in [1.82, 2.24) is 4.90 Å². The van der Waals surface area contributed by atoms with Crippen molar-refractivity contribution in [3.05, 3.63) is 12.1 Å². The largest absolute Gasteiger partial charge is 0.495 e. The highest BCUT2D eigenvalue weighted by Crippen LogP contribution is 2.35. The van der Waals surface area contributed by atoms with Crippen LogP contribution in [-0.4, -0.2) is 51.1 Å². The van der Waals surface area contributed by atoms with Crippen LogP contribution >= 0.6 is 0 Å². The van der Waals surface area contributed by atoms with E-state index >= 15 is 0 Å². The summed E-state index contributed by atoms with van der Waals surface area (Å²) in [6.07, 6.45) is 0. The number of likely N-dealkylation sites (N-methyl/N-ethyl adjacent to an activating group) is 1. The lowest BCUT2D eigenvalue weighted by Gasteiger charge is -2.35. The summed E-state index contributed by atoms with van der Waals surface area (Å²) in [6.45, 7) is 5.30. The Labute approximate surface area is 119 Å². The molecule has 3 N–H and O–H groups in total. The number of amides is 1. The van der Waals surface area contributed by atoms with Crippen LogP contribution in [-0.2, 0) is 4.79 Å². The number of benzene rings is 1. The van der Waals surface area contributed by atoms with Crippen LogP contribution in [0.15, 0.2) is 12.1 Å². The molecule has 0 atom stereocenters. The summed E-state index contributed by atoms with van der Waals surface area (Å²) in [7, 11) is 3.70. The van der Waals surface area contributed by atoms with Crippen LogP contribution in [0.1, 0.15) is 6.92 Å². The molecule has 1 amide bonds. The molecule has 0 aromatic heterocycles. The molecule has 0 aliphatic carbocycles. The highest BCUT2D eigenvalue weighted by atomic mass is 16.5. The molecule has 0 spiro atoms. The summed E-state index contributed by atoms with van der Waals surface area (Å²) >= 11 is 0. The second-order valence-corrected chi connectivity index (χ2v) is 5.08. The third-order valence-electron chi connectivity index (χ3n) is 3.50. The van der Waals surface area contributed by atoms with Gasteiger partial charge in [0.1, 0.15) is 5.75 Å². The lowest BCUT2D eigenvalue weighted by molar-refractivity contribution is -0.114. The zero-order valence-corrected chi connectivity index (χ0v) is 12.3. The standard InChI is InChI=1S/C14H22N4O2/c1-10(19)16-12-8-11(15)14(20-3)9-13(12)18-6-4-17(2)5-7-18/h8-9H,4-7,15H2,1-3H3,(H,16,19). The maximum Gasteiger partial charge on any atom is 0.221 e. The molecule has 1 aromatic rings. The summed E-state index contributed by atoms with van der Waals surface area (Å²) in [6, 6.07) is 3.65. The van der Waals surface area contributed by atoms with Crippen molar-refractivity contribution in [3.63, 3.8) is 0 Å². The van der Waals surface area contributed by atoms with E-state index in [1.807, 2.05) is 6.07 Å². The Morgan fingerprint density at radius 1 is 1.30 bits per heavy atom. The maximum absolute atomic E-state index is 11.4. The third kappa shape index (κ3) is 3.14. The van der Waals surface area contributed by atoms with E-state index in [-0.39, 0.29) is 5.91 Å². The average Bonchev–Trinajstić information content (AvgIpc) is 2.40. The number of nitrogens with zero attached hydrogens (tertiary/aromatic N) is 2. The van der Waals surface area contributed by atoms with Gasteiger partial charge >= 0.3 is 0 Å². The van der Waals surface area contributed by atoms with Gasteiger partial charge in [-0.05, 0) is 13.1 Å². The number of nitrogens with two attached hydrogens (primary N) is 1. The van der Waals surface area contributed by atoms with Crippen LogP contribution in [0.2, 0.25) is 0 Å². The van der Waals surface area contributed by atoms with Crippen LogP contribution in [0.3, 0.4) is 0 Å². The Morgan fingerprint density at radius 3 is 2.50 bits per heavy atom. The van der Waals surface area contributed by atoms with Gasteiger partial charge in [-0.2, -0.15) is 0 Å². The zero-order valence-electron chi connectivity index (χ0n) is 12.3. The molecule has 1 aromatic carbocycles. The first-order valence-corrected chi connectivity index (χ1v) is 6.70. The van der Waals surface area contributed by atoms with Gasteiger partial charge in [-0.3, -0.25) is 4.79 Å². The first kappa shape index (κ1) is 14.5. The smallest absolute Gasteiger partial charge is 0.221 e. The number of nitrogens with one attached hydrogen (secondary N) is 1. The molecule has 0 saturated carbocycles. The van der Waals surface area contributed by atoms with Crippen molar-refractivity contribution in [3.8, 4) is 5.75 Å². The molecular formula is C14H22N4O2. The predicted molar refractivity (Wildman–Crippen MR) is 81.4 cm³/mol. The van der Waals surface area contributed by atoms with Gasteiger partial charge in [0.15, 0.2) is 0 Å². The van der Waals surface area contributed by atoms with Crippen molar-refractivity contribution >= 4 is 23.0 Å². The van der Waals surface area contributed by atoms with Crippen molar-refractivity contribution in [1.29, 1.82) is 0 Å². The van der Waals surface area contributed by atoms with Gasteiger partial charge in [-0.1, -0.05) is 0 Å². The molecule has 0 radical (unpaired) electrons. The summed E-state index contributed by atoms with van der Waals surface area (Å²) in [5, 5.41) is 2.84. The van der Waals surface area contributed by atoms with Gasteiger partial charge in [0.05, 0.1) is 24.2 Å². The fourth-order valence-electron chi connectivity index (χ4n) is 2.36. The van der Waals surface area contributed by atoms with Crippen molar-refractivity contribution < 1.29 is 9.53 Å². The van der Waals surface area contributed by atoms with E-state index in [0.29, 0.717) is 11.4 Å². The number of ether oxygens (including phenoxy) is 1. The van der Waals surface area contributed by atoms with Gasteiger partial charge in [-0.15, -0.1) is 0 Å². The first-order chi connectivity index (χ1) is 9.51. The van der Waals surface area contributed by atoms with Crippen LogP contribution in [0.25, 0.3) is 0 Å². The van der Waals surface area contributed by atoms with E-state index in [0.717, 1.165) is 37.6 Å². The molecule has 1 heterocycles. The summed E-state index contributed by atoms with van der Waals surface area (Å²) in [5.74, 6) is 0.526. The Kier molecular flexibility index (Phi) is 4.34. The monoisotopic (exact) mass is 278 g/mol. The normalized spacial score (nSPS) is 16.1. The van der Waals surface area contributed by atoms with Crippen LogP contribution in [0.5, 0.6) is 5.75 Å². The molecule has 1 fully saturated rings. The second kappa shape index (κ2) is 6.00. The Balaban J connectivity index is 2.34. The number of nitrogen functional groups attached to an aromatic ring is 1. The Hall–Kier alpha value is -1.95. The maximum atomic E-state index is 11.4. The quantitative estimate of drug-likeness (QED) is 0.807. The minimum Gasteiger partial charge on any atom is -0.495 e. The molecule has 1 aliphatic heterocycles. The number of rotatable bonds is 3. The molecule has 0 unspecified atom stereocenters.